The number of rotatable bonds is 12. The molecule has 24 heavy (non-hydrogen) atoms. The van der Waals surface area contributed by atoms with Crippen molar-refractivity contribution in [1.29, 1.82) is 0 Å². The average molecular weight is 407 g/mol. The molecule has 0 aromatic heterocycles. The lowest BCUT2D eigenvalue weighted by atomic mass is 10.1. The monoisotopic (exact) mass is 406 g/mol. The van der Waals surface area contributed by atoms with Gasteiger partial charge in [-0.25, -0.2) is 0 Å². The van der Waals surface area contributed by atoms with Crippen LogP contribution >= 0.6 is 15.9 Å². The molecule has 0 amide bonds. The highest BCUT2D eigenvalue weighted by atomic mass is 79.9. The molecule has 0 aliphatic carbocycles. The van der Waals surface area contributed by atoms with Crippen LogP contribution in [0, 0.1) is 0 Å². The Morgan fingerprint density at radius 1 is 1.04 bits per heavy atom. The van der Waals surface area contributed by atoms with E-state index in [9.17, 15) is 0 Å². The number of halogens is 1. The van der Waals surface area contributed by atoms with Crippen molar-refractivity contribution in [3.05, 3.63) is 0 Å². The van der Waals surface area contributed by atoms with Crippen molar-refractivity contribution in [2.75, 3.05) is 25.2 Å². The van der Waals surface area contributed by atoms with Gasteiger partial charge in [-0.3, -0.25) is 0 Å². The summed E-state index contributed by atoms with van der Waals surface area (Å²) in [6.45, 7) is 4.48. The maximum atomic E-state index is 5.93. The first-order valence-corrected chi connectivity index (χ1v) is 10.9. The molecule has 0 radical (unpaired) electrons. The van der Waals surface area contributed by atoms with Gasteiger partial charge < -0.3 is 18.9 Å². The molecular formula is C19H35BrO4. The Morgan fingerprint density at radius 3 is 2.46 bits per heavy atom. The van der Waals surface area contributed by atoms with Crippen LogP contribution in [0.2, 0.25) is 0 Å². The third-order valence-electron chi connectivity index (χ3n) is 4.85. The minimum atomic E-state index is -0.407. The van der Waals surface area contributed by atoms with Crippen LogP contribution in [-0.4, -0.2) is 43.3 Å². The fourth-order valence-corrected chi connectivity index (χ4v) is 3.61. The van der Waals surface area contributed by atoms with Crippen LogP contribution in [0.4, 0.5) is 0 Å². The lowest BCUT2D eigenvalue weighted by Crippen LogP contribution is -2.28. The Hall–Kier alpha value is 0.320. The molecule has 2 aliphatic rings. The molecule has 3 atom stereocenters. The van der Waals surface area contributed by atoms with E-state index in [-0.39, 0.29) is 12.4 Å². The number of unbranched alkanes of at least 4 members (excludes halogenated alkanes) is 6. The van der Waals surface area contributed by atoms with Crippen LogP contribution in [0.3, 0.4) is 0 Å². The average Bonchev–Trinajstić information content (AvgIpc) is 2.99. The van der Waals surface area contributed by atoms with Gasteiger partial charge in [-0.15, -0.1) is 0 Å². The largest absolute Gasteiger partial charge is 0.353 e. The Labute approximate surface area is 156 Å². The summed E-state index contributed by atoms with van der Waals surface area (Å²) in [7, 11) is 0. The molecule has 142 valence electrons. The fraction of sp³-hybridized carbons (Fsp3) is 1.00. The standard InChI is InChI=1S/C19H35BrO4/c1-19(16-20)23-15-17(24-19)11-7-5-3-2-4-6-9-13-21-18-12-8-10-14-22-18/h17-18H,2-16H2,1H3. The van der Waals surface area contributed by atoms with Crippen molar-refractivity contribution in [3.8, 4) is 0 Å². The molecule has 0 N–H and O–H groups in total. The quantitative estimate of drug-likeness (QED) is 0.330. The summed E-state index contributed by atoms with van der Waals surface area (Å²) in [6.07, 6.45) is 14.0. The lowest BCUT2D eigenvalue weighted by Gasteiger charge is -2.22. The number of ether oxygens (including phenoxy) is 4. The minimum absolute atomic E-state index is 0.0759. The SMILES string of the molecule is CC1(CBr)OCC(CCCCCCCCCOC2CCCCO2)O1. The molecule has 2 rings (SSSR count). The summed E-state index contributed by atoms with van der Waals surface area (Å²) >= 11 is 3.44. The molecule has 2 fully saturated rings. The van der Waals surface area contributed by atoms with E-state index in [2.05, 4.69) is 15.9 Å². The number of hydrogen-bond acceptors (Lipinski definition) is 4. The molecule has 0 bridgehead atoms. The first-order chi connectivity index (χ1) is 11.7. The summed E-state index contributed by atoms with van der Waals surface area (Å²) in [5.74, 6) is -0.407. The summed E-state index contributed by atoms with van der Waals surface area (Å²) in [6, 6.07) is 0. The van der Waals surface area contributed by atoms with Gasteiger partial charge in [0.15, 0.2) is 12.1 Å². The number of alkyl halides is 1. The summed E-state index contributed by atoms with van der Waals surface area (Å²) in [5.41, 5.74) is 0. The third kappa shape index (κ3) is 8.13. The highest BCUT2D eigenvalue weighted by Gasteiger charge is 2.35. The number of hydrogen-bond donors (Lipinski definition) is 0. The lowest BCUT2D eigenvalue weighted by molar-refractivity contribution is -0.162. The van der Waals surface area contributed by atoms with Gasteiger partial charge in [-0.2, -0.15) is 0 Å². The highest BCUT2D eigenvalue weighted by Crippen LogP contribution is 2.27. The van der Waals surface area contributed by atoms with E-state index in [1.165, 1.54) is 51.4 Å². The molecule has 2 aliphatic heterocycles. The van der Waals surface area contributed by atoms with Crippen LogP contribution in [0.5, 0.6) is 0 Å². The zero-order valence-electron chi connectivity index (χ0n) is 15.3. The Morgan fingerprint density at radius 2 is 1.79 bits per heavy atom. The van der Waals surface area contributed by atoms with E-state index < -0.39 is 5.79 Å². The molecule has 5 heteroatoms. The molecule has 0 spiro atoms. The van der Waals surface area contributed by atoms with Crippen molar-refractivity contribution in [1.82, 2.24) is 0 Å². The zero-order valence-corrected chi connectivity index (χ0v) is 16.9. The molecule has 0 saturated carbocycles. The Kier molecular flexibility index (Phi) is 10.2. The topological polar surface area (TPSA) is 36.9 Å². The van der Waals surface area contributed by atoms with Crippen LogP contribution in [0.1, 0.15) is 77.6 Å². The molecular weight excluding hydrogens is 372 g/mol. The summed E-state index contributed by atoms with van der Waals surface area (Å²) in [5, 5.41) is 0.743. The van der Waals surface area contributed by atoms with Crippen molar-refractivity contribution in [3.63, 3.8) is 0 Å². The van der Waals surface area contributed by atoms with Gasteiger partial charge in [0.05, 0.1) is 18.0 Å². The van der Waals surface area contributed by atoms with E-state index in [4.69, 9.17) is 18.9 Å². The Balaban J connectivity index is 1.32. The maximum Gasteiger partial charge on any atom is 0.175 e. The van der Waals surface area contributed by atoms with Crippen LogP contribution in [-0.2, 0) is 18.9 Å². The molecule has 2 heterocycles. The Bertz CT molecular complexity index is 322. The van der Waals surface area contributed by atoms with Crippen LogP contribution in [0.25, 0.3) is 0 Å². The van der Waals surface area contributed by atoms with Gasteiger partial charge in [0, 0.05) is 13.2 Å². The van der Waals surface area contributed by atoms with Crippen LogP contribution < -0.4 is 0 Å². The van der Waals surface area contributed by atoms with Crippen molar-refractivity contribution in [2.45, 2.75) is 95.7 Å². The fourth-order valence-electron chi connectivity index (χ4n) is 3.32. The van der Waals surface area contributed by atoms with Crippen molar-refractivity contribution < 1.29 is 18.9 Å². The predicted octanol–water partition coefficient (Wildman–Crippen LogP) is 5.18. The van der Waals surface area contributed by atoms with Gasteiger partial charge in [-0.05, 0) is 39.0 Å². The predicted molar refractivity (Wildman–Crippen MR) is 99.5 cm³/mol. The molecule has 4 nitrogen and oxygen atoms in total. The minimum Gasteiger partial charge on any atom is -0.353 e. The molecule has 0 aromatic rings. The van der Waals surface area contributed by atoms with E-state index >= 15 is 0 Å². The first kappa shape index (κ1) is 20.6. The van der Waals surface area contributed by atoms with Gasteiger partial charge in [0.1, 0.15) is 0 Å². The second-order valence-electron chi connectivity index (χ2n) is 7.25. The van der Waals surface area contributed by atoms with E-state index in [1.54, 1.807) is 0 Å². The van der Waals surface area contributed by atoms with Gasteiger partial charge in [0.2, 0.25) is 0 Å². The van der Waals surface area contributed by atoms with Gasteiger partial charge in [0.25, 0.3) is 0 Å². The van der Waals surface area contributed by atoms with E-state index in [1.807, 2.05) is 6.92 Å². The van der Waals surface area contributed by atoms with Crippen molar-refractivity contribution in [2.24, 2.45) is 0 Å². The zero-order chi connectivity index (χ0) is 17.1. The van der Waals surface area contributed by atoms with Gasteiger partial charge >= 0.3 is 0 Å². The normalized spacial score (nSPS) is 30.8. The molecule has 0 aromatic carbocycles. The highest BCUT2D eigenvalue weighted by molar-refractivity contribution is 9.09. The smallest absolute Gasteiger partial charge is 0.175 e. The van der Waals surface area contributed by atoms with Crippen molar-refractivity contribution >= 4 is 15.9 Å². The van der Waals surface area contributed by atoms with Gasteiger partial charge in [-0.1, -0.05) is 54.5 Å². The first-order valence-electron chi connectivity index (χ1n) is 9.83. The van der Waals surface area contributed by atoms with E-state index in [0.29, 0.717) is 0 Å². The summed E-state index contributed by atoms with van der Waals surface area (Å²) < 4.78 is 22.9. The molecule has 2 saturated heterocycles. The second kappa shape index (κ2) is 11.8. The maximum absolute atomic E-state index is 5.93. The molecule has 3 unspecified atom stereocenters. The van der Waals surface area contributed by atoms with Crippen LogP contribution in [0.15, 0.2) is 0 Å². The third-order valence-corrected chi connectivity index (χ3v) is 5.86. The second-order valence-corrected chi connectivity index (χ2v) is 7.81. The summed E-state index contributed by atoms with van der Waals surface area (Å²) in [4.78, 5) is 0. The van der Waals surface area contributed by atoms with E-state index in [0.717, 1.165) is 44.4 Å².